The number of benzene rings is 3. The van der Waals surface area contributed by atoms with E-state index < -0.39 is 11.3 Å². The van der Waals surface area contributed by atoms with Crippen LogP contribution in [0.15, 0.2) is 60.7 Å². The van der Waals surface area contributed by atoms with Gasteiger partial charge in [-0.15, -0.1) is 0 Å². The third kappa shape index (κ3) is 4.01. The van der Waals surface area contributed by atoms with Crippen molar-refractivity contribution >= 4 is 33.4 Å². The average Bonchev–Trinajstić information content (AvgIpc) is 2.74. The van der Waals surface area contributed by atoms with Crippen molar-refractivity contribution in [3.8, 4) is 5.75 Å². The summed E-state index contributed by atoms with van der Waals surface area (Å²) in [6.45, 7) is 3.93. The molecule has 156 valence electrons. The summed E-state index contributed by atoms with van der Waals surface area (Å²) in [5, 5.41) is 13.9. The maximum Gasteiger partial charge on any atom is 0.292 e. The van der Waals surface area contributed by atoms with Crippen molar-refractivity contribution in [3.05, 3.63) is 85.5 Å². The minimum atomic E-state index is -1.42. The van der Waals surface area contributed by atoms with Gasteiger partial charge in [-0.3, -0.25) is 10.1 Å². The Balaban J connectivity index is 1.64. The predicted octanol–water partition coefficient (Wildman–Crippen LogP) is 5.28. The number of hydrogen-bond donors (Lipinski definition) is 0. The summed E-state index contributed by atoms with van der Waals surface area (Å²) in [7, 11) is 0. The average molecular weight is 519 g/mol. The third-order valence-electron chi connectivity index (χ3n) is 5.36. The second kappa shape index (κ2) is 8.13. The van der Waals surface area contributed by atoms with Gasteiger partial charge in [0.25, 0.3) is 5.54 Å². The van der Waals surface area contributed by atoms with Crippen LogP contribution in [0.4, 0.5) is 0 Å². The molecule has 0 aliphatic carbocycles. The first-order chi connectivity index (χ1) is 14.3. The van der Waals surface area contributed by atoms with Crippen LogP contribution in [0.3, 0.4) is 0 Å². The lowest BCUT2D eigenvalue weighted by molar-refractivity contribution is -0.605. The van der Waals surface area contributed by atoms with E-state index in [4.69, 9.17) is 14.2 Å². The second-order valence-corrected chi connectivity index (χ2v) is 8.93. The van der Waals surface area contributed by atoms with E-state index in [1.807, 2.05) is 54.6 Å². The molecule has 0 aromatic heterocycles. The molecule has 0 amide bonds. The summed E-state index contributed by atoms with van der Waals surface area (Å²) in [5.74, 6) is -0.0359. The number of hydrogen-bond acceptors (Lipinski definition) is 5. The Bertz CT molecular complexity index is 1070. The summed E-state index contributed by atoms with van der Waals surface area (Å²) < 4.78 is 18.3. The van der Waals surface area contributed by atoms with E-state index in [1.54, 1.807) is 19.9 Å². The number of ether oxygens (including phenoxy) is 3. The van der Waals surface area contributed by atoms with E-state index in [0.29, 0.717) is 12.2 Å². The molecular formula is C23H22INO5. The highest BCUT2D eigenvalue weighted by atomic mass is 127. The highest BCUT2D eigenvalue weighted by molar-refractivity contribution is 14.1. The monoisotopic (exact) mass is 519 g/mol. The van der Waals surface area contributed by atoms with Gasteiger partial charge in [-0.25, -0.2) is 0 Å². The molecule has 6 nitrogen and oxygen atoms in total. The van der Waals surface area contributed by atoms with Gasteiger partial charge in [0, 0.05) is 10.5 Å². The molecule has 0 unspecified atom stereocenters. The Morgan fingerprint density at radius 2 is 1.77 bits per heavy atom. The van der Waals surface area contributed by atoms with Gasteiger partial charge in [-0.1, -0.05) is 48.5 Å². The molecule has 4 rings (SSSR count). The van der Waals surface area contributed by atoms with Gasteiger partial charge < -0.3 is 14.2 Å². The van der Waals surface area contributed by atoms with Gasteiger partial charge >= 0.3 is 0 Å². The fourth-order valence-electron chi connectivity index (χ4n) is 3.46. The molecule has 0 spiro atoms. The standard InChI is InChI=1S/C23H22INO5/c1-22(2)29-14-23(15-30-22,25(26)27)18-9-10-19-17(12-18)8-11-20(21(19)24)28-13-16-6-4-3-5-7-16/h3-12H,13-15H2,1-2H3. The van der Waals surface area contributed by atoms with Crippen LogP contribution in [0.25, 0.3) is 10.8 Å². The molecule has 1 aliphatic rings. The number of rotatable bonds is 5. The first-order valence-corrected chi connectivity index (χ1v) is 10.7. The van der Waals surface area contributed by atoms with E-state index in [9.17, 15) is 10.1 Å². The highest BCUT2D eigenvalue weighted by Crippen LogP contribution is 2.37. The van der Waals surface area contributed by atoms with Crippen molar-refractivity contribution in [1.29, 1.82) is 0 Å². The van der Waals surface area contributed by atoms with Gasteiger partial charge in [0.1, 0.15) is 25.6 Å². The van der Waals surface area contributed by atoms with Crippen LogP contribution in [0.1, 0.15) is 25.0 Å². The molecular weight excluding hydrogens is 497 g/mol. The number of nitrogens with zero attached hydrogens (tertiary/aromatic N) is 1. The normalized spacial score (nSPS) is 17.6. The number of nitro groups is 1. The van der Waals surface area contributed by atoms with Crippen LogP contribution < -0.4 is 4.74 Å². The van der Waals surface area contributed by atoms with Gasteiger partial charge in [-0.05, 0) is 64.9 Å². The Morgan fingerprint density at radius 3 is 2.43 bits per heavy atom. The molecule has 1 saturated heterocycles. The van der Waals surface area contributed by atoms with E-state index in [-0.39, 0.29) is 18.1 Å². The minimum Gasteiger partial charge on any atom is -0.488 e. The quantitative estimate of drug-likeness (QED) is 0.261. The molecule has 0 N–H and O–H groups in total. The van der Waals surface area contributed by atoms with Gasteiger partial charge in [-0.2, -0.15) is 0 Å². The van der Waals surface area contributed by atoms with Crippen molar-refractivity contribution in [2.45, 2.75) is 31.8 Å². The van der Waals surface area contributed by atoms with Crippen LogP contribution >= 0.6 is 22.6 Å². The largest absolute Gasteiger partial charge is 0.488 e. The molecule has 0 atom stereocenters. The molecule has 0 bridgehead atoms. The van der Waals surface area contributed by atoms with Crippen molar-refractivity contribution in [3.63, 3.8) is 0 Å². The predicted molar refractivity (Wildman–Crippen MR) is 122 cm³/mol. The fraction of sp³-hybridized carbons (Fsp3) is 0.304. The molecule has 0 saturated carbocycles. The zero-order valence-corrected chi connectivity index (χ0v) is 18.9. The zero-order valence-electron chi connectivity index (χ0n) is 16.8. The van der Waals surface area contributed by atoms with Crippen molar-refractivity contribution in [1.82, 2.24) is 0 Å². The lowest BCUT2D eigenvalue weighted by atomic mass is 9.89. The molecule has 7 heteroatoms. The first-order valence-electron chi connectivity index (χ1n) is 9.63. The minimum absolute atomic E-state index is 0.0339. The first kappa shape index (κ1) is 21.0. The fourth-order valence-corrected chi connectivity index (χ4v) is 4.28. The summed E-state index contributed by atoms with van der Waals surface area (Å²) in [5.41, 5.74) is 0.249. The molecule has 1 heterocycles. The SMILES string of the molecule is CC1(C)OCC(c2ccc3c(I)c(OCc4ccccc4)ccc3c2)([N+](=O)[O-])CO1. The topological polar surface area (TPSA) is 70.8 Å². The smallest absolute Gasteiger partial charge is 0.292 e. The highest BCUT2D eigenvalue weighted by Gasteiger charge is 2.51. The van der Waals surface area contributed by atoms with Crippen LogP contribution in [-0.4, -0.2) is 23.9 Å². The Labute approximate surface area is 188 Å². The molecule has 0 radical (unpaired) electrons. The van der Waals surface area contributed by atoms with Crippen LogP contribution in [0, 0.1) is 13.7 Å². The maximum atomic E-state index is 12.0. The lowest BCUT2D eigenvalue weighted by Crippen LogP contribution is -2.53. The van der Waals surface area contributed by atoms with E-state index in [2.05, 4.69) is 22.6 Å². The summed E-state index contributed by atoms with van der Waals surface area (Å²) in [6.07, 6.45) is 0. The van der Waals surface area contributed by atoms with E-state index in [1.165, 1.54) is 0 Å². The third-order valence-corrected chi connectivity index (χ3v) is 6.47. The number of fused-ring (bicyclic) bond motifs is 1. The summed E-state index contributed by atoms with van der Waals surface area (Å²) in [4.78, 5) is 11.7. The Hall–Kier alpha value is -2.23. The van der Waals surface area contributed by atoms with E-state index in [0.717, 1.165) is 25.7 Å². The molecule has 3 aromatic carbocycles. The van der Waals surface area contributed by atoms with Gasteiger partial charge in [0.15, 0.2) is 5.79 Å². The lowest BCUT2D eigenvalue weighted by Gasteiger charge is -2.38. The van der Waals surface area contributed by atoms with Crippen LogP contribution in [0.2, 0.25) is 0 Å². The Kier molecular flexibility index (Phi) is 5.69. The maximum absolute atomic E-state index is 12.0. The second-order valence-electron chi connectivity index (χ2n) is 7.85. The Morgan fingerprint density at radius 1 is 1.07 bits per heavy atom. The van der Waals surface area contributed by atoms with E-state index >= 15 is 0 Å². The molecule has 1 aliphatic heterocycles. The van der Waals surface area contributed by atoms with Crippen molar-refractivity contribution < 1.29 is 19.1 Å². The van der Waals surface area contributed by atoms with Crippen LogP contribution in [0.5, 0.6) is 5.75 Å². The van der Waals surface area contributed by atoms with Crippen molar-refractivity contribution in [2.75, 3.05) is 13.2 Å². The zero-order chi connectivity index (χ0) is 21.4. The molecule has 3 aromatic rings. The molecule has 30 heavy (non-hydrogen) atoms. The van der Waals surface area contributed by atoms with Crippen molar-refractivity contribution in [2.24, 2.45) is 0 Å². The van der Waals surface area contributed by atoms with Gasteiger partial charge in [0.2, 0.25) is 0 Å². The molecule has 1 fully saturated rings. The summed E-state index contributed by atoms with van der Waals surface area (Å²) in [6, 6.07) is 19.4. The van der Waals surface area contributed by atoms with Crippen LogP contribution in [-0.2, 0) is 21.6 Å². The van der Waals surface area contributed by atoms with Gasteiger partial charge in [0.05, 0.1) is 3.57 Å². The summed E-state index contributed by atoms with van der Waals surface area (Å²) >= 11 is 2.26. The number of halogens is 1.